The Kier molecular flexibility index (Phi) is 9.14. The number of hydrazone groups is 1. The average Bonchev–Trinajstić information content (AvgIpc) is 2.71. The Morgan fingerprint density at radius 2 is 2.25 bits per heavy atom. The first-order valence-electron chi connectivity index (χ1n) is 8.82. The summed E-state index contributed by atoms with van der Waals surface area (Å²) in [7, 11) is 0. The van der Waals surface area contributed by atoms with Crippen LogP contribution < -0.4 is 11.2 Å². The molecule has 0 saturated carbocycles. The number of alkyl halides is 1. The SMILES string of the molecule is CCN(CCNC(=O)c1cnc2cc(I)ccc2n1)CC(C=NCCF)=NN. The van der Waals surface area contributed by atoms with Crippen LogP contribution in [0.1, 0.15) is 17.4 Å². The molecule has 3 N–H and O–H groups in total. The summed E-state index contributed by atoms with van der Waals surface area (Å²) >= 11 is 2.21. The molecule has 0 saturated heterocycles. The zero-order chi connectivity index (χ0) is 20.4. The van der Waals surface area contributed by atoms with Crippen molar-refractivity contribution >= 4 is 51.5 Å². The fraction of sp³-hybridized carbons (Fsp3) is 0.389. The highest BCUT2D eigenvalue weighted by Crippen LogP contribution is 2.13. The van der Waals surface area contributed by atoms with Crippen LogP contribution in [0.4, 0.5) is 4.39 Å². The third kappa shape index (κ3) is 6.75. The summed E-state index contributed by atoms with van der Waals surface area (Å²) in [6.45, 7) is 3.79. The van der Waals surface area contributed by atoms with Crippen molar-refractivity contribution in [1.29, 1.82) is 0 Å². The molecule has 1 heterocycles. The van der Waals surface area contributed by atoms with E-state index in [0.717, 1.165) is 15.6 Å². The maximum atomic E-state index is 12.3. The number of likely N-dealkylation sites (N-methyl/N-ethyl adjacent to an activating group) is 1. The van der Waals surface area contributed by atoms with Crippen molar-refractivity contribution in [3.8, 4) is 0 Å². The third-order valence-electron chi connectivity index (χ3n) is 3.90. The van der Waals surface area contributed by atoms with Crippen LogP contribution in [0.5, 0.6) is 0 Å². The van der Waals surface area contributed by atoms with E-state index in [-0.39, 0.29) is 18.1 Å². The Balaban J connectivity index is 1.88. The number of hydrogen-bond acceptors (Lipinski definition) is 7. The predicted molar refractivity (Wildman–Crippen MR) is 118 cm³/mol. The smallest absolute Gasteiger partial charge is 0.271 e. The van der Waals surface area contributed by atoms with Gasteiger partial charge in [0.2, 0.25) is 0 Å². The molecule has 0 unspecified atom stereocenters. The lowest BCUT2D eigenvalue weighted by atomic mass is 10.3. The lowest BCUT2D eigenvalue weighted by Crippen LogP contribution is -2.38. The van der Waals surface area contributed by atoms with Crippen molar-refractivity contribution in [1.82, 2.24) is 20.2 Å². The number of rotatable bonds is 10. The van der Waals surface area contributed by atoms with Crippen LogP contribution in [0.25, 0.3) is 11.0 Å². The van der Waals surface area contributed by atoms with E-state index in [1.807, 2.05) is 30.0 Å². The van der Waals surface area contributed by atoms with Crippen molar-refractivity contribution in [3.05, 3.63) is 33.7 Å². The fourth-order valence-electron chi connectivity index (χ4n) is 2.42. The van der Waals surface area contributed by atoms with Crippen LogP contribution >= 0.6 is 22.6 Å². The first-order valence-corrected chi connectivity index (χ1v) is 9.90. The number of nitrogens with one attached hydrogen (secondary N) is 1. The number of benzene rings is 1. The van der Waals surface area contributed by atoms with Crippen molar-refractivity contribution in [2.24, 2.45) is 15.9 Å². The summed E-state index contributed by atoms with van der Waals surface area (Å²) < 4.78 is 13.2. The molecule has 28 heavy (non-hydrogen) atoms. The fourth-order valence-corrected chi connectivity index (χ4v) is 2.90. The Morgan fingerprint density at radius 3 is 2.96 bits per heavy atom. The van der Waals surface area contributed by atoms with Crippen LogP contribution in [0.3, 0.4) is 0 Å². The lowest BCUT2D eigenvalue weighted by Gasteiger charge is -2.20. The molecule has 8 nitrogen and oxygen atoms in total. The van der Waals surface area contributed by atoms with E-state index in [4.69, 9.17) is 5.84 Å². The molecule has 1 amide bonds. The van der Waals surface area contributed by atoms with Gasteiger partial charge in [0, 0.05) is 29.4 Å². The molecule has 0 aliphatic carbocycles. The molecule has 2 rings (SSSR count). The number of carbonyl (C=O) groups is 1. The van der Waals surface area contributed by atoms with Crippen molar-refractivity contribution in [2.75, 3.05) is 39.4 Å². The van der Waals surface area contributed by atoms with Gasteiger partial charge in [0.15, 0.2) is 0 Å². The van der Waals surface area contributed by atoms with E-state index in [9.17, 15) is 9.18 Å². The van der Waals surface area contributed by atoms with E-state index in [2.05, 4.69) is 48.0 Å². The molecule has 0 radical (unpaired) electrons. The number of nitrogens with zero attached hydrogens (tertiary/aromatic N) is 5. The first kappa shape index (κ1) is 22.1. The quantitative estimate of drug-likeness (QED) is 0.224. The molecule has 0 aliphatic rings. The van der Waals surface area contributed by atoms with Gasteiger partial charge in [-0.25, -0.2) is 9.37 Å². The van der Waals surface area contributed by atoms with E-state index in [1.54, 1.807) is 0 Å². The van der Waals surface area contributed by atoms with Crippen molar-refractivity contribution in [2.45, 2.75) is 6.92 Å². The van der Waals surface area contributed by atoms with Crippen molar-refractivity contribution < 1.29 is 9.18 Å². The molecular formula is C18H23FIN7O. The Labute approximate surface area is 176 Å². The van der Waals surface area contributed by atoms with Gasteiger partial charge in [0.1, 0.15) is 12.4 Å². The number of aliphatic imine (C=N–C) groups is 1. The number of halogens is 2. The monoisotopic (exact) mass is 499 g/mol. The predicted octanol–water partition coefficient (Wildman–Crippen LogP) is 1.64. The summed E-state index contributed by atoms with van der Waals surface area (Å²) in [5.41, 5.74) is 2.26. The number of nitrogens with two attached hydrogens (primary N) is 1. The number of hydrogen-bond donors (Lipinski definition) is 2. The van der Waals surface area contributed by atoms with Gasteiger partial charge >= 0.3 is 0 Å². The maximum Gasteiger partial charge on any atom is 0.271 e. The number of carbonyl (C=O) groups excluding carboxylic acids is 1. The minimum Gasteiger partial charge on any atom is -0.349 e. The Bertz CT molecular complexity index is 859. The summed E-state index contributed by atoms with van der Waals surface area (Å²) in [4.78, 5) is 27.0. The third-order valence-corrected chi connectivity index (χ3v) is 4.57. The Morgan fingerprint density at radius 1 is 1.43 bits per heavy atom. The number of aromatic nitrogens is 2. The molecule has 10 heteroatoms. The second-order valence-corrected chi connectivity index (χ2v) is 7.10. The van der Waals surface area contributed by atoms with Gasteiger partial charge < -0.3 is 11.2 Å². The molecule has 0 fully saturated rings. The maximum absolute atomic E-state index is 12.3. The van der Waals surface area contributed by atoms with E-state index in [1.165, 1.54) is 12.4 Å². The lowest BCUT2D eigenvalue weighted by molar-refractivity contribution is 0.0944. The van der Waals surface area contributed by atoms with Gasteiger partial charge in [-0.1, -0.05) is 6.92 Å². The highest BCUT2D eigenvalue weighted by molar-refractivity contribution is 14.1. The summed E-state index contributed by atoms with van der Waals surface area (Å²) in [6, 6.07) is 5.68. The van der Waals surface area contributed by atoms with E-state index >= 15 is 0 Å². The molecule has 150 valence electrons. The molecular weight excluding hydrogens is 476 g/mol. The van der Waals surface area contributed by atoms with Crippen LogP contribution in [0.15, 0.2) is 34.5 Å². The van der Waals surface area contributed by atoms with E-state index in [0.29, 0.717) is 30.9 Å². The molecule has 0 spiro atoms. The summed E-state index contributed by atoms with van der Waals surface area (Å²) in [5, 5.41) is 6.52. The van der Waals surface area contributed by atoms with Crippen LogP contribution in [0.2, 0.25) is 0 Å². The van der Waals surface area contributed by atoms with Gasteiger partial charge in [-0.2, -0.15) is 5.10 Å². The molecule has 1 aromatic heterocycles. The molecule has 1 aromatic carbocycles. The zero-order valence-electron chi connectivity index (χ0n) is 15.6. The van der Waals surface area contributed by atoms with Crippen LogP contribution in [-0.2, 0) is 0 Å². The number of amides is 1. The van der Waals surface area contributed by atoms with Gasteiger partial charge in [-0.05, 0) is 47.3 Å². The average molecular weight is 499 g/mol. The van der Waals surface area contributed by atoms with Crippen molar-refractivity contribution in [3.63, 3.8) is 0 Å². The largest absolute Gasteiger partial charge is 0.349 e. The standard InChI is InChI=1S/C18H23FIN7O/c1-2-27(12-14(26-21)10-22-6-5-19)8-7-23-18(28)17-11-24-16-9-13(20)3-4-15(16)25-17/h3-4,9-11H,2,5-8,12,21H2,1H3,(H,23,28). The number of fused-ring (bicyclic) bond motifs is 1. The Hall–Kier alpha value is -2.21. The molecule has 2 aromatic rings. The van der Waals surface area contributed by atoms with Gasteiger partial charge in [0.25, 0.3) is 5.91 Å². The van der Waals surface area contributed by atoms with E-state index < -0.39 is 6.67 Å². The summed E-state index contributed by atoms with van der Waals surface area (Å²) in [5.74, 6) is 5.08. The molecule has 0 aliphatic heterocycles. The topological polar surface area (TPSA) is 109 Å². The minimum absolute atomic E-state index is 0.0904. The van der Waals surface area contributed by atoms with Crippen LogP contribution in [0, 0.1) is 3.57 Å². The van der Waals surface area contributed by atoms with Gasteiger partial charge in [-0.15, -0.1) is 0 Å². The highest BCUT2D eigenvalue weighted by Gasteiger charge is 2.11. The van der Waals surface area contributed by atoms with Crippen LogP contribution in [-0.4, -0.2) is 72.1 Å². The normalized spacial score (nSPS) is 12.2. The zero-order valence-corrected chi connectivity index (χ0v) is 17.8. The second kappa shape index (κ2) is 11.6. The first-order chi connectivity index (χ1) is 13.6. The molecule has 0 atom stereocenters. The summed E-state index contributed by atoms with van der Waals surface area (Å²) in [6.07, 6.45) is 2.96. The minimum atomic E-state index is -0.519. The van der Waals surface area contributed by atoms with Gasteiger partial charge in [-0.3, -0.25) is 19.7 Å². The second-order valence-electron chi connectivity index (χ2n) is 5.86. The molecule has 0 bridgehead atoms. The highest BCUT2D eigenvalue weighted by atomic mass is 127. The van der Waals surface area contributed by atoms with Gasteiger partial charge in [0.05, 0.1) is 29.5 Å².